The molecule has 116 valence electrons. The van der Waals surface area contributed by atoms with E-state index in [2.05, 4.69) is 29.4 Å². The number of ether oxygens (including phenoxy) is 3. The van der Waals surface area contributed by atoms with E-state index in [1.165, 1.54) is 16.5 Å². The van der Waals surface area contributed by atoms with Crippen molar-refractivity contribution < 1.29 is 14.2 Å². The van der Waals surface area contributed by atoms with Crippen molar-refractivity contribution in [1.29, 1.82) is 0 Å². The smallest absolute Gasteiger partial charge is 0.172 e. The van der Waals surface area contributed by atoms with Crippen LogP contribution in [0.5, 0.6) is 5.75 Å². The normalized spacial score (nSPS) is 20.5. The molecule has 2 aromatic rings. The lowest BCUT2D eigenvalue weighted by Gasteiger charge is -2.30. The van der Waals surface area contributed by atoms with Crippen molar-refractivity contribution in [3.8, 4) is 5.75 Å². The van der Waals surface area contributed by atoms with Crippen LogP contribution in [0.2, 0.25) is 0 Å². The van der Waals surface area contributed by atoms with E-state index in [4.69, 9.17) is 14.2 Å². The number of fused-ring (bicyclic) bond motifs is 1. The minimum absolute atomic E-state index is 0.355. The molecule has 4 heteroatoms. The van der Waals surface area contributed by atoms with Gasteiger partial charge in [0.15, 0.2) is 5.79 Å². The maximum atomic E-state index is 5.79. The van der Waals surface area contributed by atoms with Crippen LogP contribution < -0.4 is 4.74 Å². The Labute approximate surface area is 130 Å². The van der Waals surface area contributed by atoms with Gasteiger partial charge in [0, 0.05) is 35.5 Å². The van der Waals surface area contributed by atoms with Gasteiger partial charge in [-0.25, -0.2) is 0 Å². The van der Waals surface area contributed by atoms with Gasteiger partial charge in [-0.15, -0.1) is 0 Å². The molecule has 1 aliphatic heterocycles. The van der Waals surface area contributed by atoms with Gasteiger partial charge in [0.1, 0.15) is 5.75 Å². The predicted octanol–water partition coefficient (Wildman–Crippen LogP) is 3.88. The Morgan fingerprint density at radius 1 is 1.27 bits per heavy atom. The van der Waals surface area contributed by atoms with Crippen LogP contribution in [-0.4, -0.2) is 30.6 Å². The van der Waals surface area contributed by atoms with Crippen LogP contribution in [0.1, 0.15) is 31.7 Å². The Hall–Kier alpha value is -1.78. The molecule has 1 N–H and O–H groups in total. The van der Waals surface area contributed by atoms with Gasteiger partial charge in [0.05, 0.1) is 19.8 Å². The van der Waals surface area contributed by atoms with Crippen LogP contribution in [-0.2, 0) is 9.47 Å². The van der Waals surface area contributed by atoms with E-state index in [1.54, 1.807) is 0 Å². The Balaban J connectivity index is 1.66. The molecule has 1 saturated heterocycles. The van der Waals surface area contributed by atoms with Gasteiger partial charge in [-0.3, -0.25) is 0 Å². The van der Waals surface area contributed by atoms with Gasteiger partial charge in [0.2, 0.25) is 0 Å². The first-order chi connectivity index (χ1) is 10.8. The largest absolute Gasteiger partial charge is 0.494 e. The summed E-state index contributed by atoms with van der Waals surface area (Å²) in [5, 5.41) is 1.22. The van der Waals surface area contributed by atoms with Gasteiger partial charge < -0.3 is 19.2 Å². The number of nitrogens with one attached hydrogen (secondary N) is 1. The minimum Gasteiger partial charge on any atom is -0.494 e. The minimum atomic E-state index is -0.355. The van der Waals surface area contributed by atoms with E-state index in [0.29, 0.717) is 19.8 Å². The van der Waals surface area contributed by atoms with E-state index in [1.807, 2.05) is 13.0 Å². The molecule has 0 atom stereocenters. The van der Waals surface area contributed by atoms with E-state index in [-0.39, 0.29) is 5.79 Å². The van der Waals surface area contributed by atoms with Crippen LogP contribution >= 0.6 is 0 Å². The molecule has 0 saturated carbocycles. The highest BCUT2D eigenvalue weighted by molar-refractivity contribution is 5.93. The summed E-state index contributed by atoms with van der Waals surface area (Å²) < 4.78 is 17.2. The number of hydrogen-bond donors (Lipinski definition) is 1. The first-order valence-corrected chi connectivity index (χ1v) is 8.01. The number of allylic oxidation sites excluding steroid dienone is 1. The van der Waals surface area contributed by atoms with Gasteiger partial charge in [-0.05, 0) is 37.1 Å². The Kier molecular flexibility index (Phi) is 3.43. The number of aromatic nitrogens is 1. The molecule has 1 aromatic heterocycles. The Morgan fingerprint density at radius 2 is 2.14 bits per heavy atom. The third-order valence-electron chi connectivity index (χ3n) is 4.56. The van der Waals surface area contributed by atoms with Gasteiger partial charge >= 0.3 is 0 Å². The lowest BCUT2D eigenvalue weighted by Crippen LogP contribution is -2.31. The Bertz CT molecular complexity index is 710. The summed E-state index contributed by atoms with van der Waals surface area (Å²) in [6.07, 6.45) is 7.11. The van der Waals surface area contributed by atoms with Gasteiger partial charge in [-0.2, -0.15) is 0 Å². The summed E-state index contributed by atoms with van der Waals surface area (Å²) in [5.41, 5.74) is 3.78. The summed E-state index contributed by atoms with van der Waals surface area (Å²) in [4.78, 5) is 3.36. The zero-order valence-electron chi connectivity index (χ0n) is 12.9. The third kappa shape index (κ3) is 2.32. The molecule has 1 spiro atoms. The van der Waals surface area contributed by atoms with E-state index in [0.717, 1.165) is 30.5 Å². The van der Waals surface area contributed by atoms with Crippen molar-refractivity contribution in [2.24, 2.45) is 0 Å². The second kappa shape index (κ2) is 5.45. The van der Waals surface area contributed by atoms with Crippen LogP contribution in [0.4, 0.5) is 0 Å². The summed E-state index contributed by atoms with van der Waals surface area (Å²) >= 11 is 0. The number of H-pyrrole nitrogens is 1. The highest BCUT2D eigenvalue weighted by Crippen LogP contribution is 2.40. The van der Waals surface area contributed by atoms with Crippen molar-refractivity contribution in [1.82, 2.24) is 4.98 Å². The lowest BCUT2D eigenvalue weighted by molar-refractivity contribution is -0.159. The molecule has 4 rings (SSSR count). The average Bonchev–Trinajstić information content (AvgIpc) is 3.16. The van der Waals surface area contributed by atoms with E-state index < -0.39 is 0 Å². The molecule has 1 fully saturated rings. The van der Waals surface area contributed by atoms with Crippen molar-refractivity contribution >= 4 is 16.5 Å². The van der Waals surface area contributed by atoms with Crippen molar-refractivity contribution in [3.63, 3.8) is 0 Å². The zero-order chi connectivity index (χ0) is 15.0. The Morgan fingerprint density at radius 3 is 2.86 bits per heavy atom. The van der Waals surface area contributed by atoms with Crippen LogP contribution in [0.3, 0.4) is 0 Å². The molecular weight excluding hydrogens is 278 g/mol. The quantitative estimate of drug-likeness (QED) is 0.935. The number of aromatic amines is 1. The molecule has 22 heavy (non-hydrogen) atoms. The molecule has 1 aliphatic carbocycles. The van der Waals surface area contributed by atoms with Gasteiger partial charge in [0.25, 0.3) is 0 Å². The molecule has 0 radical (unpaired) electrons. The highest BCUT2D eigenvalue weighted by Gasteiger charge is 2.37. The molecule has 2 heterocycles. The van der Waals surface area contributed by atoms with Crippen molar-refractivity contribution in [2.45, 2.75) is 32.0 Å². The number of hydrogen-bond acceptors (Lipinski definition) is 3. The number of rotatable bonds is 3. The number of benzene rings is 1. The third-order valence-corrected chi connectivity index (χ3v) is 4.56. The maximum absolute atomic E-state index is 5.79. The summed E-state index contributed by atoms with van der Waals surface area (Å²) in [6, 6.07) is 6.22. The maximum Gasteiger partial charge on any atom is 0.172 e. The van der Waals surface area contributed by atoms with Crippen LogP contribution in [0, 0.1) is 0 Å². The van der Waals surface area contributed by atoms with Gasteiger partial charge in [-0.1, -0.05) is 6.08 Å². The average molecular weight is 299 g/mol. The topological polar surface area (TPSA) is 43.5 Å². The van der Waals surface area contributed by atoms with Crippen molar-refractivity contribution in [3.05, 3.63) is 36.0 Å². The SMILES string of the molecule is CCOc1ccc2[nH]cc(C3=CCC4(CC3)OCCO4)c2c1. The predicted molar refractivity (Wildman–Crippen MR) is 85.9 cm³/mol. The standard InChI is InChI=1S/C18H21NO3/c1-2-20-14-3-4-17-15(11-14)16(12-19-17)13-5-7-18(8-6-13)21-9-10-22-18/h3-5,11-12,19H,2,6-10H2,1H3. The molecule has 0 bridgehead atoms. The highest BCUT2D eigenvalue weighted by atomic mass is 16.7. The zero-order valence-corrected chi connectivity index (χ0v) is 12.9. The molecule has 0 amide bonds. The second-order valence-corrected chi connectivity index (χ2v) is 5.88. The summed E-state index contributed by atoms with van der Waals surface area (Å²) in [6.45, 7) is 4.13. The van der Waals surface area contributed by atoms with E-state index in [9.17, 15) is 0 Å². The fourth-order valence-electron chi connectivity index (χ4n) is 3.43. The van der Waals surface area contributed by atoms with Crippen molar-refractivity contribution in [2.75, 3.05) is 19.8 Å². The van der Waals surface area contributed by atoms with Crippen LogP contribution in [0.25, 0.3) is 16.5 Å². The summed E-state index contributed by atoms with van der Waals surface area (Å²) in [7, 11) is 0. The molecular formula is C18H21NO3. The van der Waals surface area contributed by atoms with E-state index >= 15 is 0 Å². The summed E-state index contributed by atoms with van der Waals surface area (Å²) in [5.74, 6) is 0.567. The lowest BCUT2D eigenvalue weighted by atomic mass is 9.89. The second-order valence-electron chi connectivity index (χ2n) is 5.88. The molecule has 2 aliphatic rings. The fourth-order valence-corrected chi connectivity index (χ4v) is 3.43. The molecule has 0 unspecified atom stereocenters. The van der Waals surface area contributed by atoms with Crippen LogP contribution in [0.15, 0.2) is 30.5 Å². The molecule has 4 nitrogen and oxygen atoms in total. The first-order valence-electron chi connectivity index (χ1n) is 8.01. The monoisotopic (exact) mass is 299 g/mol. The molecule has 1 aromatic carbocycles. The first kappa shape index (κ1) is 13.9. The fraction of sp³-hybridized carbons (Fsp3) is 0.444.